The summed E-state index contributed by atoms with van der Waals surface area (Å²) in [5.74, 6) is 0.657. The Morgan fingerprint density at radius 2 is 1.89 bits per heavy atom. The van der Waals surface area contributed by atoms with E-state index in [9.17, 15) is 13.2 Å². The molecule has 9 nitrogen and oxygen atoms in total. The first-order valence-corrected chi connectivity index (χ1v) is 11.1. The van der Waals surface area contributed by atoms with Crippen molar-refractivity contribution in [3.63, 3.8) is 0 Å². The van der Waals surface area contributed by atoms with Crippen LogP contribution in [0.5, 0.6) is 0 Å². The van der Waals surface area contributed by atoms with Crippen LogP contribution in [0, 0.1) is 0 Å². The Morgan fingerprint density at radius 3 is 2.56 bits per heavy atom. The molecule has 1 amide bonds. The van der Waals surface area contributed by atoms with Crippen molar-refractivity contribution in [3.05, 3.63) is 24.0 Å². The highest BCUT2D eigenvalue weighted by Gasteiger charge is 2.27. The third-order valence-electron chi connectivity index (χ3n) is 5.29. The molecule has 0 aromatic carbocycles. The van der Waals surface area contributed by atoms with Crippen LogP contribution < -0.4 is 10.2 Å². The van der Waals surface area contributed by atoms with E-state index in [-0.39, 0.29) is 11.9 Å². The maximum absolute atomic E-state index is 12.7. The van der Waals surface area contributed by atoms with Gasteiger partial charge in [0, 0.05) is 38.4 Å². The number of aromatic nitrogens is 3. The second-order valence-corrected chi connectivity index (χ2v) is 9.20. The number of piperidine rings is 1. The van der Waals surface area contributed by atoms with Crippen LogP contribution in [0.1, 0.15) is 36.0 Å². The fourth-order valence-corrected chi connectivity index (χ4v) is 4.61. The number of hydrogen-bond acceptors (Lipinski definition) is 6. The van der Waals surface area contributed by atoms with Crippen molar-refractivity contribution in [1.29, 1.82) is 0 Å². The quantitative estimate of drug-likeness (QED) is 0.813. The highest BCUT2D eigenvalue weighted by atomic mass is 32.2. The fourth-order valence-electron chi connectivity index (χ4n) is 3.74. The van der Waals surface area contributed by atoms with E-state index in [1.807, 2.05) is 12.3 Å². The van der Waals surface area contributed by atoms with Gasteiger partial charge in [-0.1, -0.05) is 0 Å². The summed E-state index contributed by atoms with van der Waals surface area (Å²) in [6, 6.07) is 1.88. The molecule has 0 radical (unpaired) electrons. The molecular formula is C17H24N6O3S. The van der Waals surface area contributed by atoms with Crippen LogP contribution in [-0.4, -0.2) is 71.7 Å². The Bertz CT molecular complexity index is 943. The SMILES string of the molecule is CS(=O)(=O)N1CCC(NC(=O)c2cnn3ccc(N4CCCC4)nc23)CC1. The molecule has 0 spiro atoms. The van der Waals surface area contributed by atoms with Crippen molar-refractivity contribution in [3.8, 4) is 0 Å². The van der Waals surface area contributed by atoms with Crippen molar-refractivity contribution in [2.24, 2.45) is 0 Å². The minimum atomic E-state index is -3.17. The van der Waals surface area contributed by atoms with Gasteiger partial charge in [0.1, 0.15) is 11.4 Å². The van der Waals surface area contributed by atoms with E-state index in [0.717, 1.165) is 31.7 Å². The molecule has 0 unspecified atom stereocenters. The van der Waals surface area contributed by atoms with Crippen LogP contribution in [0.25, 0.3) is 5.65 Å². The monoisotopic (exact) mass is 392 g/mol. The Morgan fingerprint density at radius 1 is 1.19 bits per heavy atom. The predicted molar refractivity (Wildman–Crippen MR) is 101 cm³/mol. The Kier molecular flexibility index (Phi) is 4.77. The van der Waals surface area contributed by atoms with Gasteiger partial charge in [-0.3, -0.25) is 4.79 Å². The lowest BCUT2D eigenvalue weighted by molar-refractivity contribution is 0.0925. The molecule has 146 valence electrons. The molecule has 27 heavy (non-hydrogen) atoms. The molecule has 0 aliphatic carbocycles. The number of sulfonamides is 1. The van der Waals surface area contributed by atoms with Gasteiger partial charge in [-0.2, -0.15) is 5.10 Å². The standard InChI is InChI=1S/C17H24N6O3S/c1-27(25,26)22-9-4-13(5-10-22)19-17(24)14-12-18-23-11-6-15(20-16(14)23)21-7-2-3-8-21/h6,11-13H,2-5,7-10H2,1H3,(H,19,24). The van der Waals surface area contributed by atoms with Gasteiger partial charge in [0.15, 0.2) is 5.65 Å². The number of nitrogens with zero attached hydrogens (tertiary/aromatic N) is 5. The Labute approximate surface area is 158 Å². The topological polar surface area (TPSA) is 99.9 Å². The zero-order chi connectivity index (χ0) is 19.0. The Balaban J connectivity index is 1.47. The van der Waals surface area contributed by atoms with Crippen molar-refractivity contribution >= 4 is 27.4 Å². The molecule has 1 N–H and O–H groups in total. The molecule has 2 aliphatic rings. The number of hydrogen-bond donors (Lipinski definition) is 1. The molecule has 0 atom stereocenters. The number of anilines is 1. The lowest BCUT2D eigenvalue weighted by Gasteiger charge is -2.30. The van der Waals surface area contributed by atoms with Crippen LogP contribution in [-0.2, 0) is 10.0 Å². The first kappa shape index (κ1) is 18.2. The molecule has 10 heteroatoms. The van der Waals surface area contributed by atoms with E-state index < -0.39 is 10.0 Å². The number of carbonyl (C=O) groups excluding carboxylic acids is 1. The van der Waals surface area contributed by atoms with E-state index in [0.29, 0.717) is 37.1 Å². The van der Waals surface area contributed by atoms with Crippen molar-refractivity contribution in [1.82, 2.24) is 24.2 Å². The minimum absolute atomic E-state index is 0.0489. The molecule has 2 saturated heterocycles. The molecule has 2 fully saturated rings. The zero-order valence-corrected chi connectivity index (χ0v) is 16.2. The summed E-state index contributed by atoms with van der Waals surface area (Å²) in [4.78, 5) is 19.6. The van der Waals surface area contributed by atoms with E-state index in [1.54, 1.807) is 4.52 Å². The van der Waals surface area contributed by atoms with Gasteiger partial charge >= 0.3 is 0 Å². The van der Waals surface area contributed by atoms with Crippen LogP contribution in [0.4, 0.5) is 5.82 Å². The molecule has 2 aromatic heterocycles. The summed E-state index contributed by atoms with van der Waals surface area (Å²) >= 11 is 0. The van der Waals surface area contributed by atoms with Gasteiger partial charge in [-0.05, 0) is 31.7 Å². The zero-order valence-electron chi connectivity index (χ0n) is 15.3. The second-order valence-electron chi connectivity index (χ2n) is 7.22. The van der Waals surface area contributed by atoms with Crippen LogP contribution in [0.3, 0.4) is 0 Å². The van der Waals surface area contributed by atoms with Gasteiger partial charge in [0.05, 0.1) is 12.5 Å². The van der Waals surface area contributed by atoms with E-state index in [4.69, 9.17) is 0 Å². The van der Waals surface area contributed by atoms with E-state index >= 15 is 0 Å². The first-order chi connectivity index (χ1) is 12.9. The highest BCUT2D eigenvalue weighted by molar-refractivity contribution is 7.88. The molecule has 2 aliphatic heterocycles. The van der Waals surface area contributed by atoms with Gasteiger partial charge in [0.25, 0.3) is 5.91 Å². The largest absolute Gasteiger partial charge is 0.357 e. The summed E-state index contributed by atoms with van der Waals surface area (Å²) in [5, 5.41) is 7.24. The van der Waals surface area contributed by atoms with Crippen LogP contribution in [0.15, 0.2) is 18.5 Å². The fraction of sp³-hybridized carbons (Fsp3) is 0.588. The average Bonchev–Trinajstić information content (AvgIpc) is 3.30. The first-order valence-electron chi connectivity index (χ1n) is 9.27. The summed E-state index contributed by atoms with van der Waals surface area (Å²) < 4.78 is 26.3. The third kappa shape index (κ3) is 3.77. The summed E-state index contributed by atoms with van der Waals surface area (Å²) in [6.07, 6.45) is 8.11. The van der Waals surface area contributed by atoms with E-state index in [2.05, 4.69) is 20.3 Å². The summed E-state index contributed by atoms with van der Waals surface area (Å²) in [7, 11) is -3.17. The average molecular weight is 392 g/mol. The van der Waals surface area contributed by atoms with Crippen molar-refractivity contribution in [2.45, 2.75) is 31.7 Å². The third-order valence-corrected chi connectivity index (χ3v) is 6.59. The van der Waals surface area contributed by atoms with Gasteiger partial charge in [0.2, 0.25) is 10.0 Å². The summed E-state index contributed by atoms with van der Waals surface area (Å²) in [6.45, 7) is 2.82. The second kappa shape index (κ2) is 7.08. The lowest BCUT2D eigenvalue weighted by Crippen LogP contribution is -2.46. The molecule has 4 rings (SSSR count). The highest BCUT2D eigenvalue weighted by Crippen LogP contribution is 2.20. The van der Waals surface area contributed by atoms with Crippen molar-refractivity contribution < 1.29 is 13.2 Å². The Hall–Kier alpha value is -2.20. The number of carbonyl (C=O) groups is 1. The molecule has 0 bridgehead atoms. The predicted octanol–water partition coefficient (Wildman–Crippen LogP) is 0.483. The molecular weight excluding hydrogens is 368 g/mol. The maximum Gasteiger partial charge on any atom is 0.256 e. The van der Waals surface area contributed by atoms with Crippen LogP contribution >= 0.6 is 0 Å². The molecule has 2 aromatic rings. The van der Waals surface area contributed by atoms with Crippen LogP contribution in [0.2, 0.25) is 0 Å². The number of nitrogens with one attached hydrogen (secondary N) is 1. The number of rotatable bonds is 4. The lowest BCUT2D eigenvalue weighted by atomic mass is 10.1. The van der Waals surface area contributed by atoms with Gasteiger partial charge in [-0.15, -0.1) is 0 Å². The van der Waals surface area contributed by atoms with Crippen molar-refractivity contribution in [2.75, 3.05) is 37.3 Å². The normalized spacial score (nSPS) is 19.7. The molecule has 0 saturated carbocycles. The van der Waals surface area contributed by atoms with Gasteiger partial charge < -0.3 is 10.2 Å². The summed E-state index contributed by atoms with van der Waals surface area (Å²) in [5.41, 5.74) is 0.993. The number of fused-ring (bicyclic) bond motifs is 1. The molecule has 4 heterocycles. The maximum atomic E-state index is 12.7. The minimum Gasteiger partial charge on any atom is -0.357 e. The van der Waals surface area contributed by atoms with E-state index in [1.165, 1.54) is 16.8 Å². The number of amides is 1. The smallest absolute Gasteiger partial charge is 0.256 e. The van der Waals surface area contributed by atoms with Gasteiger partial charge in [-0.25, -0.2) is 22.2 Å².